The highest BCUT2D eigenvalue weighted by Gasteiger charge is 2.55. The van der Waals surface area contributed by atoms with Crippen LogP contribution in [0.25, 0.3) is 0 Å². The Morgan fingerprint density at radius 3 is 2.67 bits per heavy atom. The SMILES string of the molecule is COC(=O)C1=NNC2C(=O)N(c3ccccc3C)C(=O)C12. The highest BCUT2D eigenvalue weighted by Crippen LogP contribution is 2.32. The van der Waals surface area contributed by atoms with Crippen LogP contribution >= 0.6 is 0 Å². The van der Waals surface area contributed by atoms with Crippen molar-refractivity contribution in [2.75, 3.05) is 12.0 Å². The third-order valence-electron chi connectivity index (χ3n) is 3.68. The van der Waals surface area contributed by atoms with Crippen LogP contribution in [0.4, 0.5) is 5.69 Å². The van der Waals surface area contributed by atoms with Crippen LogP contribution in [0.15, 0.2) is 29.4 Å². The van der Waals surface area contributed by atoms with Crippen LogP contribution in [-0.4, -0.2) is 36.6 Å². The van der Waals surface area contributed by atoms with Gasteiger partial charge in [0.1, 0.15) is 12.0 Å². The second kappa shape index (κ2) is 4.69. The molecule has 1 fully saturated rings. The highest BCUT2D eigenvalue weighted by molar-refractivity contribution is 6.46. The van der Waals surface area contributed by atoms with Gasteiger partial charge in [0.25, 0.3) is 5.91 Å². The molecule has 3 rings (SSSR count). The fourth-order valence-electron chi connectivity index (χ4n) is 2.61. The van der Waals surface area contributed by atoms with Gasteiger partial charge in [-0.15, -0.1) is 0 Å². The summed E-state index contributed by atoms with van der Waals surface area (Å²) in [6, 6.07) is 6.24. The first kappa shape index (κ1) is 13.3. The van der Waals surface area contributed by atoms with Crippen molar-refractivity contribution in [2.45, 2.75) is 13.0 Å². The van der Waals surface area contributed by atoms with E-state index in [9.17, 15) is 14.4 Å². The molecule has 2 unspecified atom stereocenters. The van der Waals surface area contributed by atoms with Gasteiger partial charge >= 0.3 is 5.97 Å². The molecule has 2 heterocycles. The van der Waals surface area contributed by atoms with E-state index in [4.69, 9.17) is 0 Å². The molecule has 2 aliphatic rings. The van der Waals surface area contributed by atoms with E-state index in [0.29, 0.717) is 5.69 Å². The first-order valence-corrected chi connectivity index (χ1v) is 6.41. The largest absolute Gasteiger partial charge is 0.464 e. The van der Waals surface area contributed by atoms with Gasteiger partial charge in [0.05, 0.1) is 12.8 Å². The van der Waals surface area contributed by atoms with Gasteiger partial charge in [-0.25, -0.2) is 9.69 Å². The number of hydrogen-bond donors (Lipinski definition) is 1. The van der Waals surface area contributed by atoms with Gasteiger partial charge in [0.15, 0.2) is 5.71 Å². The zero-order valence-electron chi connectivity index (χ0n) is 11.5. The standard InChI is InChI=1S/C14H13N3O4/c1-7-5-3-4-6-8(7)17-12(18)9-10(13(17)19)15-16-11(9)14(20)21-2/h3-6,9-10,15H,1-2H3. The number of fused-ring (bicyclic) bond motifs is 1. The number of esters is 1. The number of benzene rings is 1. The van der Waals surface area contributed by atoms with Crippen molar-refractivity contribution in [3.05, 3.63) is 29.8 Å². The maximum absolute atomic E-state index is 12.6. The number of rotatable bonds is 2. The summed E-state index contributed by atoms with van der Waals surface area (Å²) in [4.78, 5) is 37.7. The summed E-state index contributed by atoms with van der Waals surface area (Å²) < 4.78 is 4.60. The van der Waals surface area contributed by atoms with Crippen molar-refractivity contribution in [1.82, 2.24) is 5.43 Å². The Morgan fingerprint density at radius 2 is 2.00 bits per heavy atom. The summed E-state index contributed by atoms with van der Waals surface area (Å²) in [7, 11) is 1.21. The van der Waals surface area contributed by atoms with E-state index in [0.717, 1.165) is 10.5 Å². The van der Waals surface area contributed by atoms with E-state index in [1.54, 1.807) is 12.1 Å². The van der Waals surface area contributed by atoms with E-state index < -0.39 is 29.7 Å². The minimum atomic E-state index is -0.926. The van der Waals surface area contributed by atoms with E-state index in [1.165, 1.54) is 7.11 Å². The molecule has 108 valence electrons. The average molecular weight is 287 g/mol. The lowest BCUT2D eigenvalue weighted by Gasteiger charge is -2.17. The number of nitrogens with zero attached hydrogens (tertiary/aromatic N) is 2. The van der Waals surface area contributed by atoms with Crippen molar-refractivity contribution in [3.63, 3.8) is 0 Å². The molecule has 1 aromatic rings. The predicted octanol–water partition coefficient (Wildman–Crippen LogP) is -0.0148. The minimum absolute atomic E-state index is 0.0584. The zero-order valence-corrected chi connectivity index (χ0v) is 11.5. The smallest absolute Gasteiger partial charge is 0.355 e. The molecule has 0 aliphatic carbocycles. The fraction of sp³-hybridized carbons (Fsp3) is 0.286. The van der Waals surface area contributed by atoms with Crippen molar-refractivity contribution < 1.29 is 19.1 Å². The number of methoxy groups -OCH3 is 1. The van der Waals surface area contributed by atoms with Crippen LogP contribution in [0.1, 0.15) is 5.56 Å². The van der Waals surface area contributed by atoms with Gasteiger partial charge in [-0.05, 0) is 18.6 Å². The Morgan fingerprint density at radius 1 is 1.29 bits per heavy atom. The van der Waals surface area contributed by atoms with Gasteiger partial charge in [-0.1, -0.05) is 18.2 Å². The number of para-hydroxylation sites is 1. The molecule has 0 saturated carbocycles. The molecule has 0 bridgehead atoms. The number of carbonyl (C=O) groups excluding carboxylic acids is 3. The number of ether oxygens (including phenoxy) is 1. The molecule has 1 aromatic carbocycles. The van der Waals surface area contributed by atoms with Crippen LogP contribution < -0.4 is 10.3 Å². The Labute approximate surface area is 120 Å². The van der Waals surface area contributed by atoms with Crippen LogP contribution in [0.3, 0.4) is 0 Å². The lowest BCUT2D eigenvalue weighted by atomic mass is 9.99. The number of hydrogen-bond acceptors (Lipinski definition) is 6. The summed E-state index contributed by atoms with van der Waals surface area (Å²) in [5, 5.41) is 3.77. The average Bonchev–Trinajstić information content (AvgIpc) is 3.01. The molecule has 0 radical (unpaired) electrons. The maximum Gasteiger partial charge on any atom is 0.355 e. The number of carbonyl (C=O) groups is 3. The van der Waals surface area contributed by atoms with E-state index in [1.807, 2.05) is 19.1 Å². The highest BCUT2D eigenvalue weighted by atomic mass is 16.5. The van der Waals surface area contributed by atoms with Gasteiger partial charge in [-0.3, -0.25) is 15.0 Å². The van der Waals surface area contributed by atoms with Gasteiger partial charge in [-0.2, -0.15) is 5.10 Å². The molecule has 0 aromatic heterocycles. The Hall–Kier alpha value is -2.70. The Kier molecular flexibility index (Phi) is 2.97. The van der Waals surface area contributed by atoms with Crippen molar-refractivity contribution in [1.29, 1.82) is 0 Å². The van der Waals surface area contributed by atoms with Gasteiger partial charge in [0.2, 0.25) is 5.91 Å². The van der Waals surface area contributed by atoms with Crippen LogP contribution in [-0.2, 0) is 19.1 Å². The number of amides is 2. The van der Waals surface area contributed by atoms with Gasteiger partial charge in [0, 0.05) is 0 Å². The minimum Gasteiger partial charge on any atom is -0.464 e. The molecule has 1 N–H and O–H groups in total. The van der Waals surface area contributed by atoms with Crippen LogP contribution in [0.5, 0.6) is 0 Å². The summed E-state index contributed by atoms with van der Waals surface area (Å²) in [6.07, 6.45) is 0. The summed E-state index contributed by atoms with van der Waals surface area (Å²) in [6.45, 7) is 1.81. The first-order chi connectivity index (χ1) is 10.1. The number of imide groups is 1. The Balaban J connectivity index is 2.00. The monoisotopic (exact) mass is 287 g/mol. The third kappa shape index (κ3) is 1.81. The number of hydrazone groups is 1. The lowest BCUT2D eigenvalue weighted by molar-refractivity contribution is -0.133. The molecule has 2 atom stereocenters. The quantitative estimate of drug-likeness (QED) is 0.610. The van der Waals surface area contributed by atoms with E-state index >= 15 is 0 Å². The molecule has 0 spiro atoms. The maximum atomic E-state index is 12.6. The van der Waals surface area contributed by atoms with Crippen molar-refractivity contribution in [2.24, 2.45) is 11.0 Å². The number of nitrogens with one attached hydrogen (secondary N) is 1. The van der Waals surface area contributed by atoms with Crippen LogP contribution in [0.2, 0.25) is 0 Å². The number of aryl methyl sites for hydroxylation is 1. The normalized spacial score (nSPS) is 23.7. The molecule has 1 saturated heterocycles. The van der Waals surface area contributed by atoms with Crippen molar-refractivity contribution >= 4 is 29.2 Å². The molecule has 21 heavy (non-hydrogen) atoms. The molecule has 7 heteroatoms. The molecular formula is C14H13N3O4. The molecule has 2 aliphatic heterocycles. The molecule has 7 nitrogen and oxygen atoms in total. The van der Waals surface area contributed by atoms with Gasteiger partial charge < -0.3 is 4.74 Å². The topological polar surface area (TPSA) is 88.1 Å². The zero-order chi connectivity index (χ0) is 15.1. The number of anilines is 1. The van der Waals surface area contributed by atoms with Crippen molar-refractivity contribution in [3.8, 4) is 0 Å². The van der Waals surface area contributed by atoms with E-state index in [2.05, 4.69) is 15.3 Å². The third-order valence-corrected chi connectivity index (χ3v) is 3.68. The first-order valence-electron chi connectivity index (χ1n) is 6.41. The van der Waals surface area contributed by atoms with E-state index in [-0.39, 0.29) is 5.71 Å². The molecule has 2 amide bonds. The lowest BCUT2D eigenvalue weighted by Crippen LogP contribution is -2.36. The van der Waals surface area contributed by atoms with Crippen LogP contribution in [0, 0.1) is 12.8 Å². The second-order valence-corrected chi connectivity index (χ2v) is 4.87. The summed E-state index contributed by atoms with van der Waals surface area (Å²) in [5.41, 5.74) is 3.82. The Bertz CT molecular complexity index is 683. The summed E-state index contributed by atoms with van der Waals surface area (Å²) >= 11 is 0. The summed E-state index contributed by atoms with van der Waals surface area (Å²) in [5.74, 6) is -2.51. The fourth-order valence-corrected chi connectivity index (χ4v) is 2.61. The second-order valence-electron chi connectivity index (χ2n) is 4.87. The molecular weight excluding hydrogens is 274 g/mol. The predicted molar refractivity (Wildman–Crippen MR) is 73.5 cm³/mol.